The van der Waals surface area contributed by atoms with Gasteiger partial charge < -0.3 is 9.80 Å². The molecule has 0 spiro atoms. The van der Waals surface area contributed by atoms with Gasteiger partial charge in [-0.3, -0.25) is 14.7 Å². The molecule has 1 amide bonds. The number of carbonyl (C=O) groups excluding carboxylic acids is 1. The smallest absolute Gasteiger partial charge is 0.253 e. The second kappa shape index (κ2) is 10.9. The van der Waals surface area contributed by atoms with Crippen molar-refractivity contribution in [2.45, 2.75) is 17.2 Å². The first-order chi connectivity index (χ1) is 18.3. The average molecular weight is 529 g/mol. The molecule has 196 valence electrons. The Morgan fingerprint density at radius 3 is 2.18 bits per heavy atom. The summed E-state index contributed by atoms with van der Waals surface area (Å²) >= 11 is 0. The van der Waals surface area contributed by atoms with Gasteiger partial charge in [0.25, 0.3) is 5.91 Å². The van der Waals surface area contributed by atoms with Crippen molar-refractivity contribution >= 4 is 32.3 Å². The predicted molar refractivity (Wildman–Crippen MR) is 151 cm³/mol. The molecule has 3 aromatic carbocycles. The Labute approximate surface area is 224 Å². The molecular formula is C30H32N4O3S. The summed E-state index contributed by atoms with van der Waals surface area (Å²) in [6, 6.07) is 24.3. The van der Waals surface area contributed by atoms with Crippen LogP contribution in [0.2, 0.25) is 0 Å². The standard InChI is InChI=1S/C30H32N4O3S/c1-32(2)27-14-10-23(11-15-27)21-33-17-19-34(20-18-33)30(35)26-12-8-24(9-13-26)22-38(36,37)28-7-3-5-25-6-4-16-31-29(25)28/h3-16H,17-22H2,1-2H3. The second-order valence-corrected chi connectivity index (χ2v) is 11.9. The van der Waals surface area contributed by atoms with Crippen molar-refractivity contribution in [3.05, 3.63) is 102 Å². The number of hydrogen-bond donors (Lipinski definition) is 0. The number of carbonyl (C=O) groups is 1. The van der Waals surface area contributed by atoms with Crippen LogP contribution in [-0.2, 0) is 22.1 Å². The maximum atomic E-state index is 13.2. The molecule has 1 aromatic heterocycles. The number of benzene rings is 3. The Bertz CT molecular complexity index is 1520. The lowest BCUT2D eigenvalue weighted by Gasteiger charge is -2.35. The highest BCUT2D eigenvalue weighted by atomic mass is 32.2. The van der Waals surface area contributed by atoms with Gasteiger partial charge in [-0.15, -0.1) is 0 Å². The minimum Gasteiger partial charge on any atom is -0.378 e. The monoisotopic (exact) mass is 528 g/mol. The molecule has 8 heteroatoms. The third-order valence-corrected chi connectivity index (χ3v) is 8.72. The molecule has 2 heterocycles. The molecule has 5 rings (SSSR count). The number of sulfone groups is 1. The first-order valence-corrected chi connectivity index (χ1v) is 14.4. The van der Waals surface area contributed by atoms with Gasteiger partial charge >= 0.3 is 0 Å². The highest BCUT2D eigenvalue weighted by molar-refractivity contribution is 7.90. The van der Waals surface area contributed by atoms with Crippen molar-refractivity contribution in [3.8, 4) is 0 Å². The van der Waals surface area contributed by atoms with Crippen LogP contribution in [0.1, 0.15) is 21.5 Å². The van der Waals surface area contributed by atoms with E-state index in [4.69, 9.17) is 0 Å². The van der Waals surface area contributed by atoms with Crippen LogP contribution in [0.3, 0.4) is 0 Å². The van der Waals surface area contributed by atoms with E-state index in [0.29, 0.717) is 29.7 Å². The van der Waals surface area contributed by atoms with Gasteiger partial charge in [-0.25, -0.2) is 8.42 Å². The molecular weight excluding hydrogens is 496 g/mol. The summed E-state index contributed by atoms with van der Waals surface area (Å²) in [6.07, 6.45) is 1.60. The summed E-state index contributed by atoms with van der Waals surface area (Å²) in [5.74, 6) is -0.168. The van der Waals surface area contributed by atoms with Crippen molar-refractivity contribution < 1.29 is 13.2 Å². The van der Waals surface area contributed by atoms with E-state index in [1.807, 2.05) is 31.1 Å². The third-order valence-electron chi connectivity index (χ3n) is 7.01. The first kappa shape index (κ1) is 25.9. The normalized spacial score (nSPS) is 14.5. The van der Waals surface area contributed by atoms with Crippen molar-refractivity contribution in [2.75, 3.05) is 45.2 Å². The molecule has 1 aliphatic heterocycles. The number of anilines is 1. The Balaban J connectivity index is 1.19. The molecule has 0 atom stereocenters. The van der Waals surface area contributed by atoms with E-state index in [1.165, 1.54) is 11.3 Å². The summed E-state index contributed by atoms with van der Waals surface area (Å²) in [5, 5.41) is 0.789. The van der Waals surface area contributed by atoms with Gasteiger partial charge in [-0.05, 0) is 47.5 Å². The van der Waals surface area contributed by atoms with Crippen LogP contribution >= 0.6 is 0 Å². The Kier molecular flexibility index (Phi) is 7.44. The lowest BCUT2D eigenvalue weighted by Crippen LogP contribution is -2.48. The molecule has 0 unspecified atom stereocenters. The minimum absolute atomic E-state index is 0.0207. The van der Waals surface area contributed by atoms with Gasteiger partial charge in [-0.1, -0.05) is 42.5 Å². The summed E-state index contributed by atoms with van der Waals surface area (Å²) in [7, 11) is 0.467. The molecule has 0 bridgehead atoms. The zero-order valence-electron chi connectivity index (χ0n) is 21.7. The molecule has 4 aromatic rings. The summed E-state index contributed by atoms with van der Waals surface area (Å²) in [4.78, 5) is 23.9. The fourth-order valence-corrected chi connectivity index (χ4v) is 6.36. The zero-order chi connectivity index (χ0) is 26.7. The van der Waals surface area contributed by atoms with Crippen LogP contribution in [0.4, 0.5) is 5.69 Å². The van der Waals surface area contributed by atoms with E-state index in [9.17, 15) is 13.2 Å². The number of rotatable bonds is 7. The lowest BCUT2D eigenvalue weighted by molar-refractivity contribution is 0.0628. The summed E-state index contributed by atoms with van der Waals surface area (Å²) in [5.41, 5.74) is 4.13. The largest absolute Gasteiger partial charge is 0.378 e. The Morgan fingerprint density at radius 1 is 0.842 bits per heavy atom. The number of piperazine rings is 1. The quantitative estimate of drug-likeness (QED) is 0.357. The number of hydrogen-bond acceptors (Lipinski definition) is 6. The van der Waals surface area contributed by atoms with Gasteiger partial charge in [0.1, 0.15) is 0 Å². The molecule has 0 N–H and O–H groups in total. The molecule has 0 saturated carbocycles. The highest BCUT2D eigenvalue weighted by Gasteiger charge is 2.23. The van der Waals surface area contributed by atoms with Crippen molar-refractivity contribution in [1.82, 2.24) is 14.8 Å². The molecule has 1 saturated heterocycles. The van der Waals surface area contributed by atoms with Crippen LogP contribution in [0.5, 0.6) is 0 Å². The molecule has 38 heavy (non-hydrogen) atoms. The van der Waals surface area contributed by atoms with E-state index >= 15 is 0 Å². The highest BCUT2D eigenvalue weighted by Crippen LogP contribution is 2.24. The van der Waals surface area contributed by atoms with Crippen molar-refractivity contribution in [2.24, 2.45) is 0 Å². The first-order valence-electron chi connectivity index (χ1n) is 12.7. The van der Waals surface area contributed by atoms with Gasteiger partial charge in [0, 0.05) is 69.7 Å². The maximum Gasteiger partial charge on any atom is 0.253 e. The maximum absolute atomic E-state index is 13.2. The van der Waals surface area contributed by atoms with Gasteiger partial charge in [0.2, 0.25) is 0 Å². The molecule has 1 aliphatic rings. The van der Waals surface area contributed by atoms with Crippen LogP contribution in [0, 0.1) is 0 Å². The Hall–Kier alpha value is -3.75. The van der Waals surface area contributed by atoms with E-state index in [2.05, 4.69) is 39.0 Å². The van der Waals surface area contributed by atoms with Crippen LogP contribution < -0.4 is 4.90 Å². The third kappa shape index (κ3) is 5.71. The fraction of sp³-hybridized carbons (Fsp3) is 0.267. The van der Waals surface area contributed by atoms with E-state index in [1.54, 1.807) is 48.7 Å². The fourth-order valence-electron chi connectivity index (χ4n) is 4.82. The average Bonchev–Trinajstić information content (AvgIpc) is 2.93. The van der Waals surface area contributed by atoms with E-state index < -0.39 is 9.84 Å². The van der Waals surface area contributed by atoms with Crippen molar-refractivity contribution in [1.29, 1.82) is 0 Å². The SMILES string of the molecule is CN(C)c1ccc(CN2CCN(C(=O)c3ccc(CS(=O)(=O)c4cccc5cccnc45)cc3)CC2)cc1. The Morgan fingerprint density at radius 2 is 1.50 bits per heavy atom. The topological polar surface area (TPSA) is 73.8 Å². The minimum atomic E-state index is -3.60. The number of pyridine rings is 1. The van der Waals surface area contributed by atoms with Crippen molar-refractivity contribution in [3.63, 3.8) is 0 Å². The van der Waals surface area contributed by atoms with Crippen LogP contribution in [0.25, 0.3) is 10.9 Å². The van der Waals surface area contributed by atoms with Gasteiger partial charge in [0.15, 0.2) is 9.84 Å². The van der Waals surface area contributed by atoms with E-state index in [-0.39, 0.29) is 16.6 Å². The van der Waals surface area contributed by atoms with Crippen LogP contribution in [-0.4, -0.2) is 69.4 Å². The van der Waals surface area contributed by atoms with Crippen LogP contribution in [0.15, 0.2) is 90.0 Å². The van der Waals surface area contributed by atoms with E-state index in [0.717, 1.165) is 25.0 Å². The molecule has 7 nitrogen and oxygen atoms in total. The number of nitrogens with zero attached hydrogens (tertiary/aromatic N) is 4. The predicted octanol–water partition coefficient (Wildman–Crippen LogP) is 4.23. The van der Waals surface area contributed by atoms with Gasteiger partial charge in [-0.2, -0.15) is 0 Å². The van der Waals surface area contributed by atoms with Gasteiger partial charge in [0.05, 0.1) is 16.2 Å². The summed E-state index contributed by atoms with van der Waals surface area (Å²) < 4.78 is 26.3. The molecule has 0 radical (unpaired) electrons. The number of fused-ring (bicyclic) bond motifs is 1. The second-order valence-electron chi connectivity index (χ2n) is 9.92. The zero-order valence-corrected chi connectivity index (χ0v) is 22.6. The molecule has 0 aliphatic carbocycles. The lowest BCUT2D eigenvalue weighted by atomic mass is 10.1. The number of amides is 1. The molecule has 1 fully saturated rings. The summed E-state index contributed by atoms with van der Waals surface area (Å²) in [6.45, 7) is 3.83. The number of para-hydroxylation sites is 1. The number of aromatic nitrogens is 1.